The average molecular weight is 255 g/mol. The van der Waals surface area contributed by atoms with Crippen molar-refractivity contribution in [3.05, 3.63) is 65.2 Å². The molecule has 0 aliphatic rings. The minimum absolute atomic E-state index is 0.0308. The molecule has 2 rings (SSSR count). The highest BCUT2D eigenvalue weighted by Crippen LogP contribution is 2.21. The van der Waals surface area contributed by atoms with Gasteiger partial charge in [0.25, 0.3) is 0 Å². The van der Waals surface area contributed by atoms with Gasteiger partial charge in [-0.1, -0.05) is 36.4 Å². The standard InChI is InChI=1S/C16H17NO2/c1-19-15-5-3-2-4-14(15)16(18)13-8-6-12(7-9-13)10-11-17/h2-9H,10-11,17H2,1H3. The highest BCUT2D eigenvalue weighted by Gasteiger charge is 2.13. The molecule has 3 nitrogen and oxygen atoms in total. The van der Waals surface area contributed by atoms with E-state index in [4.69, 9.17) is 10.5 Å². The fraction of sp³-hybridized carbons (Fsp3) is 0.188. The molecule has 0 unspecified atom stereocenters. The minimum Gasteiger partial charge on any atom is -0.496 e. The van der Waals surface area contributed by atoms with E-state index in [1.54, 1.807) is 19.2 Å². The van der Waals surface area contributed by atoms with Crippen molar-refractivity contribution in [1.82, 2.24) is 0 Å². The molecule has 19 heavy (non-hydrogen) atoms. The van der Waals surface area contributed by atoms with Gasteiger partial charge in [0.2, 0.25) is 0 Å². The van der Waals surface area contributed by atoms with E-state index in [1.807, 2.05) is 36.4 Å². The average Bonchev–Trinajstić information content (AvgIpc) is 2.47. The molecule has 0 amide bonds. The summed E-state index contributed by atoms with van der Waals surface area (Å²) in [4.78, 5) is 12.4. The predicted molar refractivity (Wildman–Crippen MR) is 75.6 cm³/mol. The van der Waals surface area contributed by atoms with Gasteiger partial charge in [-0.15, -0.1) is 0 Å². The van der Waals surface area contributed by atoms with Gasteiger partial charge in [-0.25, -0.2) is 0 Å². The third-order valence-corrected chi connectivity index (χ3v) is 3.00. The maximum atomic E-state index is 12.4. The van der Waals surface area contributed by atoms with Gasteiger partial charge in [-0.05, 0) is 30.7 Å². The molecule has 2 N–H and O–H groups in total. The Kier molecular flexibility index (Phi) is 4.31. The summed E-state index contributed by atoms with van der Waals surface area (Å²) in [5.41, 5.74) is 7.88. The fourth-order valence-electron chi connectivity index (χ4n) is 1.98. The first kappa shape index (κ1) is 13.3. The molecule has 0 saturated carbocycles. The smallest absolute Gasteiger partial charge is 0.196 e. The Labute approximate surface area is 113 Å². The zero-order chi connectivity index (χ0) is 13.7. The van der Waals surface area contributed by atoms with Gasteiger partial charge in [0.05, 0.1) is 12.7 Å². The van der Waals surface area contributed by atoms with Crippen molar-refractivity contribution in [1.29, 1.82) is 0 Å². The Balaban J connectivity index is 2.28. The normalized spacial score (nSPS) is 10.2. The Hall–Kier alpha value is -2.13. The molecule has 0 radical (unpaired) electrons. The van der Waals surface area contributed by atoms with Crippen LogP contribution in [0.1, 0.15) is 21.5 Å². The number of benzene rings is 2. The Morgan fingerprint density at radius 3 is 2.42 bits per heavy atom. The molecule has 0 aliphatic heterocycles. The number of para-hydroxylation sites is 1. The third kappa shape index (κ3) is 3.01. The molecule has 3 heteroatoms. The number of rotatable bonds is 5. The number of carbonyl (C=O) groups is 1. The second kappa shape index (κ2) is 6.16. The van der Waals surface area contributed by atoms with Crippen LogP contribution in [-0.2, 0) is 6.42 Å². The zero-order valence-electron chi connectivity index (χ0n) is 10.9. The summed E-state index contributed by atoms with van der Waals surface area (Å²) in [5, 5.41) is 0. The van der Waals surface area contributed by atoms with Crippen LogP contribution in [0.5, 0.6) is 5.75 Å². The highest BCUT2D eigenvalue weighted by atomic mass is 16.5. The van der Waals surface area contributed by atoms with Gasteiger partial charge >= 0.3 is 0 Å². The lowest BCUT2D eigenvalue weighted by atomic mass is 10.0. The van der Waals surface area contributed by atoms with Crippen LogP contribution in [0.2, 0.25) is 0 Å². The Morgan fingerprint density at radius 1 is 1.11 bits per heavy atom. The lowest BCUT2D eigenvalue weighted by Crippen LogP contribution is -2.05. The topological polar surface area (TPSA) is 52.3 Å². The van der Waals surface area contributed by atoms with E-state index in [1.165, 1.54) is 0 Å². The number of hydrogen-bond acceptors (Lipinski definition) is 3. The predicted octanol–water partition coefficient (Wildman–Crippen LogP) is 2.43. The van der Waals surface area contributed by atoms with Gasteiger partial charge in [-0.2, -0.15) is 0 Å². The molecular formula is C16H17NO2. The summed E-state index contributed by atoms with van der Waals surface area (Å²) >= 11 is 0. The number of carbonyl (C=O) groups excluding carboxylic acids is 1. The quantitative estimate of drug-likeness (QED) is 0.835. The van der Waals surface area contributed by atoms with Crippen molar-refractivity contribution in [2.75, 3.05) is 13.7 Å². The second-order valence-electron chi connectivity index (χ2n) is 4.27. The molecular weight excluding hydrogens is 238 g/mol. The number of hydrogen-bond donors (Lipinski definition) is 1. The number of methoxy groups -OCH3 is 1. The van der Waals surface area contributed by atoms with Crippen LogP contribution >= 0.6 is 0 Å². The molecule has 0 saturated heterocycles. The van der Waals surface area contributed by atoms with E-state index in [0.717, 1.165) is 12.0 Å². The molecule has 0 atom stereocenters. The lowest BCUT2D eigenvalue weighted by Gasteiger charge is -2.07. The van der Waals surface area contributed by atoms with Crippen LogP contribution in [-0.4, -0.2) is 19.4 Å². The zero-order valence-corrected chi connectivity index (χ0v) is 10.9. The van der Waals surface area contributed by atoms with E-state index in [-0.39, 0.29) is 5.78 Å². The van der Waals surface area contributed by atoms with Gasteiger partial charge in [0.1, 0.15) is 5.75 Å². The Bertz CT molecular complexity index is 561. The maximum Gasteiger partial charge on any atom is 0.196 e. The first-order chi connectivity index (χ1) is 9.26. The van der Waals surface area contributed by atoms with Crippen LogP contribution in [0.3, 0.4) is 0 Å². The number of ether oxygens (including phenoxy) is 1. The monoisotopic (exact) mass is 255 g/mol. The summed E-state index contributed by atoms with van der Waals surface area (Å²) in [6.45, 7) is 0.611. The molecule has 0 bridgehead atoms. The van der Waals surface area contributed by atoms with Crippen LogP contribution in [0.25, 0.3) is 0 Å². The van der Waals surface area contributed by atoms with E-state index in [2.05, 4.69) is 0 Å². The molecule has 2 aromatic rings. The molecule has 0 aromatic heterocycles. The maximum absolute atomic E-state index is 12.4. The summed E-state index contributed by atoms with van der Waals surface area (Å²) in [7, 11) is 1.57. The van der Waals surface area contributed by atoms with E-state index in [0.29, 0.717) is 23.4 Å². The van der Waals surface area contributed by atoms with Crippen molar-refractivity contribution >= 4 is 5.78 Å². The summed E-state index contributed by atoms with van der Waals surface area (Å²) in [5.74, 6) is 0.565. The molecule has 0 aliphatic carbocycles. The molecule has 0 spiro atoms. The van der Waals surface area contributed by atoms with E-state index < -0.39 is 0 Å². The second-order valence-corrected chi connectivity index (χ2v) is 4.27. The van der Waals surface area contributed by atoms with Gasteiger partial charge in [-0.3, -0.25) is 4.79 Å². The van der Waals surface area contributed by atoms with Crippen LogP contribution in [0.4, 0.5) is 0 Å². The molecule has 98 valence electrons. The minimum atomic E-state index is -0.0308. The number of ketones is 1. The van der Waals surface area contributed by atoms with Gasteiger partial charge < -0.3 is 10.5 Å². The first-order valence-electron chi connectivity index (χ1n) is 6.23. The van der Waals surface area contributed by atoms with Gasteiger partial charge in [0, 0.05) is 5.56 Å². The first-order valence-corrected chi connectivity index (χ1v) is 6.23. The SMILES string of the molecule is COc1ccccc1C(=O)c1ccc(CCN)cc1. The molecule has 0 heterocycles. The van der Waals surface area contributed by atoms with Gasteiger partial charge in [0.15, 0.2) is 5.78 Å². The van der Waals surface area contributed by atoms with Crippen molar-refractivity contribution in [2.24, 2.45) is 5.73 Å². The highest BCUT2D eigenvalue weighted by molar-refractivity contribution is 6.10. The van der Waals surface area contributed by atoms with Crippen LogP contribution in [0.15, 0.2) is 48.5 Å². The fourth-order valence-corrected chi connectivity index (χ4v) is 1.98. The van der Waals surface area contributed by atoms with Crippen molar-refractivity contribution in [2.45, 2.75) is 6.42 Å². The third-order valence-electron chi connectivity index (χ3n) is 3.00. The van der Waals surface area contributed by atoms with Crippen LogP contribution < -0.4 is 10.5 Å². The molecule has 0 fully saturated rings. The lowest BCUT2D eigenvalue weighted by molar-refractivity contribution is 0.103. The van der Waals surface area contributed by atoms with Crippen molar-refractivity contribution in [3.8, 4) is 5.75 Å². The van der Waals surface area contributed by atoms with Crippen molar-refractivity contribution < 1.29 is 9.53 Å². The van der Waals surface area contributed by atoms with E-state index in [9.17, 15) is 4.79 Å². The summed E-state index contributed by atoms with van der Waals surface area (Å²) in [6.07, 6.45) is 0.823. The number of nitrogens with two attached hydrogens (primary N) is 1. The largest absolute Gasteiger partial charge is 0.496 e. The van der Waals surface area contributed by atoms with E-state index >= 15 is 0 Å². The summed E-state index contributed by atoms with van der Waals surface area (Å²) < 4.78 is 5.21. The van der Waals surface area contributed by atoms with Crippen molar-refractivity contribution in [3.63, 3.8) is 0 Å². The van der Waals surface area contributed by atoms with Crippen LogP contribution in [0, 0.1) is 0 Å². The summed E-state index contributed by atoms with van der Waals surface area (Å²) in [6, 6.07) is 14.8. The Morgan fingerprint density at radius 2 is 1.79 bits per heavy atom. The molecule has 2 aromatic carbocycles.